The van der Waals surface area contributed by atoms with Gasteiger partial charge in [-0.3, -0.25) is 9.59 Å². The van der Waals surface area contributed by atoms with Crippen molar-refractivity contribution in [2.24, 2.45) is 0 Å². The Balaban J connectivity index is 1.39. The second kappa shape index (κ2) is 9.54. The van der Waals surface area contributed by atoms with E-state index in [1.807, 2.05) is 78.6 Å². The molecule has 1 saturated heterocycles. The summed E-state index contributed by atoms with van der Waals surface area (Å²) in [5.41, 5.74) is 4.31. The molecule has 2 heterocycles. The standard InChI is InChI=1S/C28H28N4O3/c1-19-8-7-9-20(18-19)27(33)30-25-21-10-3-4-11-22(21)29-26(25)28(34)32-16-14-31(15-17-32)23-12-5-6-13-24(23)35-2/h3-13,18,29H,14-17H2,1-2H3,(H,30,33). The molecule has 1 aliphatic rings. The number of rotatable bonds is 5. The Labute approximate surface area is 204 Å². The van der Waals surface area contributed by atoms with E-state index in [-0.39, 0.29) is 11.8 Å². The molecule has 0 aliphatic carbocycles. The first-order valence-electron chi connectivity index (χ1n) is 11.7. The summed E-state index contributed by atoms with van der Waals surface area (Å²) in [6.07, 6.45) is 0. The summed E-state index contributed by atoms with van der Waals surface area (Å²) in [7, 11) is 1.67. The van der Waals surface area contributed by atoms with Crippen LogP contribution in [-0.4, -0.2) is 55.0 Å². The summed E-state index contributed by atoms with van der Waals surface area (Å²) >= 11 is 0. The highest BCUT2D eigenvalue weighted by molar-refractivity contribution is 6.15. The van der Waals surface area contributed by atoms with Crippen LogP contribution >= 0.6 is 0 Å². The van der Waals surface area contributed by atoms with Gasteiger partial charge in [-0.1, -0.05) is 48.0 Å². The summed E-state index contributed by atoms with van der Waals surface area (Å²) < 4.78 is 5.50. The first kappa shape index (κ1) is 22.5. The maximum Gasteiger partial charge on any atom is 0.272 e. The molecule has 5 rings (SSSR count). The molecule has 7 nitrogen and oxygen atoms in total. The Kier molecular flexibility index (Phi) is 6.14. The van der Waals surface area contributed by atoms with E-state index in [1.54, 1.807) is 13.2 Å². The van der Waals surface area contributed by atoms with Crippen molar-refractivity contribution >= 4 is 34.1 Å². The van der Waals surface area contributed by atoms with Crippen LogP contribution in [0.15, 0.2) is 72.8 Å². The van der Waals surface area contributed by atoms with Gasteiger partial charge in [0.25, 0.3) is 11.8 Å². The molecule has 0 bridgehead atoms. The van der Waals surface area contributed by atoms with Gasteiger partial charge in [0, 0.05) is 42.6 Å². The lowest BCUT2D eigenvalue weighted by molar-refractivity contribution is 0.0743. The number of methoxy groups -OCH3 is 1. The lowest BCUT2D eigenvalue weighted by Crippen LogP contribution is -2.49. The summed E-state index contributed by atoms with van der Waals surface area (Å²) in [6, 6.07) is 23.0. The van der Waals surface area contributed by atoms with Gasteiger partial charge >= 0.3 is 0 Å². The molecule has 7 heteroatoms. The number of aromatic nitrogens is 1. The van der Waals surface area contributed by atoms with Gasteiger partial charge < -0.3 is 24.8 Å². The quantitative estimate of drug-likeness (QED) is 0.445. The van der Waals surface area contributed by atoms with Crippen LogP contribution in [0.3, 0.4) is 0 Å². The number of para-hydroxylation sites is 3. The van der Waals surface area contributed by atoms with Gasteiger partial charge in [-0.15, -0.1) is 0 Å². The molecule has 0 unspecified atom stereocenters. The Morgan fingerprint density at radius 1 is 0.914 bits per heavy atom. The molecule has 1 aliphatic heterocycles. The average Bonchev–Trinajstić information content (AvgIpc) is 3.26. The van der Waals surface area contributed by atoms with Gasteiger partial charge in [0.2, 0.25) is 0 Å². The number of ether oxygens (including phenoxy) is 1. The van der Waals surface area contributed by atoms with Gasteiger partial charge in [-0.05, 0) is 37.3 Å². The lowest BCUT2D eigenvalue weighted by atomic mass is 10.1. The van der Waals surface area contributed by atoms with E-state index >= 15 is 0 Å². The number of amides is 2. The Morgan fingerprint density at radius 2 is 1.66 bits per heavy atom. The normalized spacial score (nSPS) is 13.7. The van der Waals surface area contributed by atoms with E-state index in [4.69, 9.17) is 4.74 Å². The van der Waals surface area contributed by atoms with Crippen LogP contribution in [-0.2, 0) is 0 Å². The Hall–Kier alpha value is -4.26. The molecule has 1 aromatic heterocycles. The monoisotopic (exact) mass is 468 g/mol. The minimum absolute atomic E-state index is 0.125. The van der Waals surface area contributed by atoms with Crippen molar-refractivity contribution in [3.63, 3.8) is 0 Å². The number of aromatic amines is 1. The van der Waals surface area contributed by atoms with Gasteiger partial charge in [-0.25, -0.2) is 0 Å². The highest BCUT2D eigenvalue weighted by Crippen LogP contribution is 2.31. The number of hydrogen-bond acceptors (Lipinski definition) is 4. The van der Waals surface area contributed by atoms with Crippen LogP contribution in [0.4, 0.5) is 11.4 Å². The SMILES string of the molecule is COc1ccccc1N1CCN(C(=O)c2[nH]c3ccccc3c2NC(=O)c2cccc(C)c2)CC1. The van der Waals surface area contributed by atoms with Crippen molar-refractivity contribution in [3.05, 3.63) is 89.6 Å². The van der Waals surface area contributed by atoms with Crippen molar-refractivity contribution in [2.75, 3.05) is 43.5 Å². The first-order chi connectivity index (χ1) is 17.0. The van der Waals surface area contributed by atoms with Crippen LogP contribution in [0.2, 0.25) is 0 Å². The van der Waals surface area contributed by atoms with Crippen molar-refractivity contribution in [3.8, 4) is 5.75 Å². The van der Waals surface area contributed by atoms with Crippen molar-refractivity contribution < 1.29 is 14.3 Å². The third-order valence-corrected chi connectivity index (χ3v) is 6.43. The zero-order valence-electron chi connectivity index (χ0n) is 19.9. The molecule has 0 spiro atoms. The number of anilines is 2. The molecule has 35 heavy (non-hydrogen) atoms. The van der Waals surface area contributed by atoms with Gasteiger partial charge in [-0.2, -0.15) is 0 Å². The number of benzene rings is 3. The van der Waals surface area contributed by atoms with Crippen molar-refractivity contribution in [2.45, 2.75) is 6.92 Å². The number of hydrogen-bond donors (Lipinski definition) is 2. The minimum atomic E-state index is -0.242. The molecular weight excluding hydrogens is 440 g/mol. The summed E-state index contributed by atoms with van der Waals surface area (Å²) in [6.45, 7) is 4.46. The van der Waals surface area contributed by atoms with Crippen LogP contribution in [0.5, 0.6) is 5.75 Å². The molecule has 2 amide bonds. The summed E-state index contributed by atoms with van der Waals surface area (Å²) in [5.74, 6) is 0.456. The molecular formula is C28H28N4O3. The fourth-order valence-electron chi connectivity index (χ4n) is 4.60. The maximum atomic E-state index is 13.6. The molecule has 0 saturated carbocycles. The third-order valence-electron chi connectivity index (χ3n) is 6.43. The Bertz CT molecular complexity index is 1390. The molecule has 4 aromatic rings. The number of H-pyrrole nitrogens is 1. The fraction of sp³-hybridized carbons (Fsp3) is 0.214. The highest BCUT2D eigenvalue weighted by Gasteiger charge is 2.28. The van der Waals surface area contributed by atoms with E-state index in [1.165, 1.54) is 0 Å². The Morgan fingerprint density at radius 3 is 2.43 bits per heavy atom. The van der Waals surface area contributed by atoms with E-state index in [2.05, 4.69) is 15.2 Å². The van der Waals surface area contributed by atoms with E-state index < -0.39 is 0 Å². The number of fused-ring (bicyclic) bond motifs is 1. The van der Waals surface area contributed by atoms with Crippen molar-refractivity contribution in [1.82, 2.24) is 9.88 Å². The zero-order chi connectivity index (χ0) is 24.4. The largest absolute Gasteiger partial charge is 0.495 e. The van der Waals surface area contributed by atoms with Gasteiger partial charge in [0.15, 0.2) is 0 Å². The number of carbonyl (C=O) groups is 2. The molecule has 0 atom stereocenters. The molecule has 178 valence electrons. The molecule has 1 fully saturated rings. The first-order valence-corrected chi connectivity index (χ1v) is 11.7. The zero-order valence-corrected chi connectivity index (χ0v) is 19.9. The van der Waals surface area contributed by atoms with E-state index in [9.17, 15) is 9.59 Å². The lowest BCUT2D eigenvalue weighted by Gasteiger charge is -2.36. The topological polar surface area (TPSA) is 77.7 Å². The van der Waals surface area contributed by atoms with Crippen LogP contribution < -0.4 is 15.0 Å². The van der Waals surface area contributed by atoms with Gasteiger partial charge in [0.1, 0.15) is 11.4 Å². The number of nitrogens with one attached hydrogen (secondary N) is 2. The van der Waals surface area contributed by atoms with Crippen LogP contribution in [0, 0.1) is 6.92 Å². The number of carbonyl (C=O) groups excluding carboxylic acids is 2. The third kappa shape index (κ3) is 4.45. The number of piperazine rings is 1. The van der Waals surface area contributed by atoms with E-state index in [0.717, 1.165) is 27.9 Å². The minimum Gasteiger partial charge on any atom is -0.495 e. The predicted octanol–water partition coefficient (Wildman–Crippen LogP) is 4.70. The molecule has 2 N–H and O–H groups in total. The average molecular weight is 469 g/mol. The summed E-state index contributed by atoms with van der Waals surface area (Å²) in [4.78, 5) is 34.0. The van der Waals surface area contributed by atoms with E-state index in [0.29, 0.717) is 43.1 Å². The predicted molar refractivity (Wildman–Crippen MR) is 139 cm³/mol. The number of nitrogens with zero attached hydrogens (tertiary/aromatic N) is 2. The van der Waals surface area contributed by atoms with Gasteiger partial charge in [0.05, 0.1) is 18.5 Å². The molecule has 3 aromatic carbocycles. The summed E-state index contributed by atoms with van der Waals surface area (Å²) in [5, 5.41) is 3.81. The second-order valence-electron chi connectivity index (χ2n) is 8.70. The van der Waals surface area contributed by atoms with Crippen molar-refractivity contribution in [1.29, 1.82) is 0 Å². The number of aryl methyl sites for hydroxylation is 1. The van der Waals surface area contributed by atoms with Crippen LogP contribution in [0.1, 0.15) is 26.4 Å². The maximum absolute atomic E-state index is 13.6. The van der Waals surface area contributed by atoms with Crippen LogP contribution in [0.25, 0.3) is 10.9 Å². The highest BCUT2D eigenvalue weighted by atomic mass is 16.5. The fourth-order valence-corrected chi connectivity index (χ4v) is 4.60. The second-order valence-corrected chi connectivity index (χ2v) is 8.70. The molecule has 0 radical (unpaired) electrons. The smallest absolute Gasteiger partial charge is 0.272 e.